The van der Waals surface area contributed by atoms with E-state index < -0.39 is 12.8 Å². The molecule has 2 aromatic rings. The molecule has 1 aromatic heterocycles. The number of piperidine rings is 1. The van der Waals surface area contributed by atoms with Gasteiger partial charge in [0, 0.05) is 31.4 Å². The van der Waals surface area contributed by atoms with E-state index in [1.807, 2.05) is 11.0 Å². The molecule has 2 aliphatic rings. The van der Waals surface area contributed by atoms with Gasteiger partial charge in [-0.05, 0) is 37.5 Å². The third-order valence-electron chi connectivity index (χ3n) is 5.42. The second-order valence-electron chi connectivity index (χ2n) is 7.82. The van der Waals surface area contributed by atoms with Crippen LogP contribution in [-0.2, 0) is 0 Å². The molecule has 1 amide bonds. The quantitative estimate of drug-likeness (QED) is 0.740. The van der Waals surface area contributed by atoms with Gasteiger partial charge in [-0.1, -0.05) is 12.1 Å². The zero-order valence-electron chi connectivity index (χ0n) is 16.8. The number of aromatic nitrogens is 2. The SMILES string of the molecule is Cc1cc(C#N)nc(N2CC3CC2CN(C(=O)c2ccccc2OCC(F)(F)F)C3)n1. The van der Waals surface area contributed by atoms with E-state index in [0.717, 1.165) is 6.42 Å². The van der Waals surface area contributed by atoms with Crippen molar-refractivity contribution >= 4 is 11.9 Å². The van der Waals surface area contributed by atoms with E-state index in [0.29, 0.717) is 31.3 Å². The van der Waals surface area contributed by atoms with E-state index in [1.165, 1.54) is 18.2 Å². The maximum Gasteiger partial charge on any atom is 0.422 e. The summed E-state index contributed by atoms with van der Waals surface area (Å²) in [5, 5.41) is 9.18. The van der Waals surface area contributed by atoms with Crippen molar-refractivity contribution < 1.29 is 22.7 Å². The number of aryl methyl sites for hydroxylation is 1. The number of anilines is 1. The van der Waals surface area contributed by atoms with Gasteiger partial charge in [-0.15, -0.1) is 0 Å². The third-order valence-corrected chi connectivity index (χ3v) is 5.42. The molecule has 0 radical (unpaired) electrons. The van der Waals surface area contributed by atoms with Gasteiger partial charge >= 0.3 is 6.18 Å². The van der Waals surface area contributed by atoms with Gasteiger partial charge in [0.05, 0.1) is 5.56 Å². The number of alkyl halides is 3. The molecule has 7 nitrogen and oxygen atoms in total. The number of carbonyl (C=O) groups excluding carboxylic acids is 1. The first kappa shape index (κ1) is 20.9. The van der Waals surface area contributed by atoms with E-state index >= 15 is 0 Å². The number of fused-ring (bicyclic) bond motifs is 2. The Morgan fingerprint density at radius 1 is 1.26 bits per heavy atom. The fourth-order valence-corrected chi connectivity index (χ4v) is 4.21. The number of rotatable bonds is 4. The van der Waals surface area contributed by atoms with Crippen molar-refractivity contribution in [3.8, 4) is 11.8 Å². The lowest BCUT2D eigenvalue weighted by Gasteiger charge is -2.33. The van der Waals surface area contributed by atoms with Gasteiger partial charge in [-0.2, -0.15) is 18.4 Å². The molecule has 0 saturated carbocycles. The summed E-state index contributed by atoms with van der Waals surface area (Å²) in [5.74, 6) is 0.199. The normalized spacial score (nSPS) is 20.5. The van der Waals surface area contributed by atoms with Crippen LogP contribution in [0.1, 0.15) is 28.2 Å². The maximum absolute atomic E-state index is 13.1. The molecule has 2 saturated heterocycles. The second-order valence-corrected chi connectivity index (χ2v) is 7.82. The average Bonchev–Trinajstić information content (AvgIpc) is 3.04. The number of nitriles is 1. The first-order valence-electron chi connectivity index (χ1n) is 9.84. The molecule has 2 aliphatic heterocycles. The van der Waals surface area contributed by atoms with Crippen molar-refractivity contribution in [3.05, 3.63) is 47.3 Å². The molecule has 162 valence electrons. The van der Waals surface area contributed by atoms with Crippen molar-refractivity contribution in [1.82, 2.24) is 14.9 Å². The highest BCUT2D eigenvalue weighted by molar-refractivity contribution is 5.97. The van der Waals surface area contributed by atoms with E-state index in [1.54, 1.807) is 24.0 Å². The van der Waals surface area contributed by atoms with Crippen molar-refractivity contribution in [2.45, 2.75) is 25.6 Å². The lowest BCUT2D eigenvalue weighted by Crippen LogP contribution is -2.45. The molecule has 3 heterocycles. The summed E-state index contributed by atoms with van der Waals surface area (Å²) in [6.07, 6.45) is -3.63. The molecule has 0 spiro atoms. The number of carbonyl (C=O) groups is 1. The Bertz CT molecular complexity index is 1040. The monoisotopic (exact) mass is 431 g/mol. The highest BCUT2D eigenvalue weighted by Crippen LogP contribution is 2.34. The van der Waals surface area contributed by atoms with Gasteiger partial charge in [-0.25, -0.2) is 9.97 Å². The molecule has 10 heteroatoms. The summed E-state index contributed by atoms with van der Waals surface area (Å²) in [4.78, 5) is 25.5. The molecule has 2 bridgehead atoms. The number of para-hydroxylation sites is 1. The summed E-state index contributed by atoms with van der Waals surface area (Å²) in [6.45, 7) is 1.86. The van der Waals surface area contributed by atoms with Crippen LogP contribution < -0.4 is 9.64 Å². The minimum atomic E-state index is -4.49. The summed E-state index contributed by atoms with van der Waals surface area (Å²) < 4.78 is 42.6. The summed E-state index contributed by atoms with van der Waals surface area (Å²) in [7, 11) is 0. The number of hydrogen-bond donors (Lipinski definition) is 0. The number of likely N-dealkylation sites (tertiary alicyclic amines) is 1. The van der Waals surface area contributed by atoms with Crippen molar-refractivity contribution in [2.75, 3.05) is 31.1 Å². The fourth-order valence-electron chi connectivity index (χ4n) is 4.21. The summed E-state index contributed by atoms with van der Waals surface area (Å²) in [6, 6.07) is 9.59. The van der Waals surface area contributed by atoms with Crippen LogP contribution in [0.5, 0.6) is 5.75 Å². The predicted octanol–water partition coefficient (Wildman–Crippen LogP) is 2.95. The molecule has 0 N–H and O–H groups in total. The van der Waals surface area contributed by atoms with Gasteiger partial charge in [-0.3, -0.25) is 4.79 Å². The molecular weight excluding hydrogens is 411 g/mol. The molecular formula is C21H20F3N5O2. The summed E-state index contributed by atoms with van der Waals surface area (Å²) >= 11 is 0. The molecule has 31 heavy (non-hydrogen) atoms. The first-order valence-corrected chi connectivity index (χ1v) is 9.84. The Kier molecular flexibility index (Phi) is 5.43. The van der Waals surface area contributed by atoms with Crippen LogP contribution in [0.25, 0.3) is 0 Å². The van der Waals surface area contributed by atoms with Crippen molar-refractivity contribution in [3.63, 3.8) is 0 Å². The molecule has 0 aliphatic carbocycles. The second kappa shape index (κ2) is 8.06. The Labute approximate surface area is 177 Å². The van der Waals surface area contributed by atoms with E-state index in [2.05, 4.69) is 9.97 Å². The zero-order chi connectivity index (χ0) is 22.2. The van der Waals surface area contributed by atoms with Gasteiger partial charge < -0.3 is 14.5 Å². The lowest BCUT2D eigenvalue weighted by molar-refractivity contribution is -0.153. The van der Waals surface area contributed by atoms with Crippen molar-refractivity contribution in [1.29, 1.82) is 5.26 Å². The first-order chi connectivity index (χ1) is 14.7. The number of nitrogens with zero attached hydrogens (tertiary/aromatic N) is 5. The average molecular weight is 431 g/mol. The molecule has 1 aromatic carbocycles. The number of ether oxygens (including phenoxy) is 1. The maximum atomic E-state index is 13.1. The highest BCUT2D eigenvalue weighted by atomic mass is 19.4. The Balaban J connectivity index is 1.52. The standard InChI is InChI=1S/C21H20F3N5O2/c1-13-6-15(8-25)27-20(26-13)29-10-14-7-16(29)11-28(9-14)19(30)17-4-2-3-5-18(17)31-12-21(22,23)24/h2-6,14,16H,7,9-12H2,1H3. The Morgan fingerprint density at radius 3 is 2.77 bits per heavy atom. The minimum absolute atomic E-state index is 0.0284. The molecule has 2 unspecified atom stereocenters. The number of halogens is 3. The van der Waals surface area contributed by atoms with Crippen LogP contribution in [0.15, 0.2) is 30.3 Å². The Hall–Kier alpha value is -3.35. The van der Waals surface area contributed by atoms with E-state index in [-0.39, 0.29) is 34.9 Å². The smallest absolute Gasteiger partial charge is 0.422 e. The number of benzene rings is 1. The van der Waals surface area contributed by atoms with Gasteiger partial charge in [0.25, 0.3) is 5.91 Å². The van der Waals surface area contributed by atoms with Crippen LogP contribution >= 0.6 is 0 Å². The molecule has 4 rings (SSSR count). The molecule has 2 fully saturated rings. The number of hydrogen-bond acceptors (Lipinski definition) is 6. The number of amides is 1. The molecule has 2 atom stereocenters. The third kappa shape index (κ3) is 4.55. The fraction of sp³-hybridized carbons (Fsp3) is 0.429. The minimum Gasteiger partial charge on any atom is -0.483 e. The topological polar surface area (TPSA) is 82.4 Å². The predicted molar refractivity (Wildman–Crippen MR) is 105 cm³/mol. The van der Waals surface area contributed by atoms with Crippen LogP contribution in [-0.4, -0.2) is 59.2 Å². The summed E-state index contributed by atoms with van der Waals surface area (Å²) in [5.41, 5.74) is 1.08. The van der Waals surface area contributed by atoms with Crippen molar-refractivity contribution in [2.24, 2.45) is 5.92 Å². The van der Waals surface area contributed by atoms with Crippen LogP contribution in [0.3, 0.4) is 0 Å². The van der Waals surface area contributed by atoms with Crippen LogP contribution in [0.2, 0.25) is 0 Å². The zero-order valence-corrected chi connectivity index (χ0v) is 16.8. The van der Waals surface area contributed by atoms with E-state index in [9.17, 15) is 23.2 Å². The van der Waals surface area contributed by atoms with Gasteiger partial charge in [0.15, 0.2) is 6.61 Å². The highest BCUT2D eigenvalue weighted by Gasteiger charge is 2.42. The lowest BCUT2D eigenvalue weighted by atomic mass is 9.99. The Morgan fingerprint density at radius 2 is 2.03 bits per heavy atom. The van der Waals surface area contributed by atoms with E-state index in [4.69, 9.17) is 4.74 Å². The van der Waals surface area contributed by atoms with Gasteiger partial charge in [0.1, 0.15) is 17.5 Å². The van der Waals surface area contributed by atoms with Gasteiger partial charge in [0.2, 0.25) is 5.95 Å². The van der Waals surface area contributed by atoms with Crippen LogP contribution in [0.4, 0.5) is 19.1 Å². The largest absolute Gasteiger partial charge is 0.483 e. The van der Waals surface area contributed by atoms with Crippen LogP contribution in [0, 0.1) is 24.2 Å².